The average molecular weight is 226 g/mol. The number of hydrogen-bond donors (Lipinski definition) is 0. The summed E-state index contributed by atoms with van der Waals surface area (Å²) in [6.45, 7) is 6.75. The van der Waals surface area contributed by atoms with E-state index in [9.17, 15) is 0 Å². The second kappa shape index (κ2) is 9.35. The topological polar surface area (TPSA) is 0 Å². The zero-order valence-electron chi connectivity index (χ0n) is 2.53. The van der Waals surface area contributed by atoms with Gasteiger partial charge in [0.25, 0.3) is 0 Å². The summed E-state index contributed by atoms with van der Waals surface area (Å²) < 4.78 is 0. The molecule has 0 rings (SSSR count). The molecule has 0 spiro atoms. The number of rotatable bonds is 0. The molecule has 1 heteroatoms. The van der Waals surface area contributed by atoms with Crippen LogP contribution in [-0.2, 0) is 21.1 Å². The molecular formula is C3H6W. The SMILES string of the molecule is [CH2-]C[CH2-].[W+2]. The average Bonchev–Trinajstić information content (AvgIpc) is 0.918. The molecule has 0 aliphatic rings. The minimum Gasteiger partial charge on any atom is -0.372 e. The van der Waals surface area contributed by atoms with Crippen molar-refractivity contribution in [3.05, 3.63) is 13.8 Å². The molecule has 24 valence electrons. The van der Waals surface area contributed by atoms with Crippen LogP contribution in [0.25, 0.3) is 0 Å². The quantitative estimate of drug-likeness (QED) is 0.541. The Morgan fingerprint density at radius 3 is 1.25 bits per heavy atom. The Labute approximate surface area is 41.9 Å². The van der Waals surface area contributed by atoms with Crippen molar-refractivity contribution < 1.29 is 21.1 Å². The van der Waals surface area contributed by atoms with Gasteiger partial charge in [-0.15, -0.1) is 0 Å². The molecule has 0 N–H and O–H groups in total. The molecule has 0 saturated heterocycles. The van der Waals surface area contributed by atoms with Crippen LogP contribution < -0.4 is 0 Å². The van der Waals surface area contributed by atoms with Crippen molar-refractivity contribution in [3.8, 4) is 0 Å². The zero-order chi connectivity index (χ0) is 2.71. The van der Waals surface area contributed by atoms with E-state index in [0.717, 1.165) is 6.42 Å². The molecule has 0 aromatic heterocycles. The Morgan fingerprint density at radius 2 is 1.25 bits per heavy atom. The van der Waals surface area contributed by atoms with E-state index in [2.05, 4.69) is 13.8 Å². The maximum atomic E-state index is 3.38. The molecular weight excluding hydrogens is 220 g/mol. The molecule has 0 aromatic rings. The van der Waals surface area contributed by atoms with Gasteiger partial charge in [-0.3, -0.25) is 0 Å². The van der Waals surface area contributed by atoms with Gasteiger partial charge in [0.2, 0.25) is 0 Å². The van der Waals surface area contributed by atoms with E-state index >= 15 is 0 Å². The predicted molar refractivity (Wildman–Crippen MR) is 15.3 cm³/mol. The molecule has 0 aromatic carbocycles. The van der Waals surface area contributed by atoms with E-state index in [1.807, 2.05) is 0 Å². The normalized spacial score (nSPS) is 4.50. The van der Waals surface area contributed by atoms with Gasteiger partial charge < -0.3 is 20.3 Å². The van der Waals surface area contributed by atoms with Crippen LogP contribution in [0.1, 0.15) is 6.42 Å². The van der Waals surface area contributed by atoms with E-state index in [-0.39, 0.29) is 21.1 Å². The van der Waals surface area contributed by atoms with Gasteiger partial charge in [0.1, 0.15) is 0 Å². The molecule has 0 aliphatic carbocycles. The van der Waals surface area contributed by atoms with Gasteiger partial charge in [0.15, 0.2) is 0 Å². The Balaban J connectivity index is 0. The first kappa shape index (κ1) is 8.82. The van der Waals surface area contributed by atoms with E-state index < -0.39 is 0 Å². The van der Waals surface area contributed by atoms with Crippen LogP contribution in [0.15, 0.2) is 0 Å². The van der Waals surface area contributed by atoms with Gasteiger partial charge in [0, 0.05) is 0 Å². The summed E-state index contributed by atoms with van der Waals surface area (Å²) in [5, 5.41) is 0. The second-order valence-electron chi connectivity index (χ2n) is 0.354. The molecule has 0 heterocycles. The molecule has 0 saturated carbocycles. The molecule has 0 amide bonds. The minimum absolute atomic E-state index is 0. The molecule has 0 radical (unpaired) electrons. The summed E-state index contributed by atoms with van der Waals surface area (Å²) >= 11 is 0. The van der Waals surface area contributed by atoms with Gasteiger partial charge in [-0.1, -0.05) is 0 Å². The standard InChI is InChI=1S/C3H6.W/c1-3-2;/h1-3H2;/q-2;+2. The van der Waals surface area contributed by atoms with E-state index in [1.54, 1.807) is 0 Å². The van der Waals surface area contributed by atoms with Gasteiger partial charge in [-0.25, -0.2) is 0 Å². The van der Waals surface area contributed by atoms with Gasteiger partial charge in [0.05, 0.1) is 0 Å². The third kappa shape index (κ3) is 16.2. The Morgan fingerprint density at radius 1 is 1.25 bits per heavy atom. The molecule has 0 fully saturated rings. The van der Waals surface area contributed by atoms with Crippen molar-refractivity contribution in [2.75, 3.05) is 0 Å². The molecule has 4 heavy (non-hydrogen) atoms. The summed E-state index contributed by atoms with van der Waals surface area (Å²) in [4.78, 5) is 0. The van der Waals surface area contributed by atoms with Gasteiger partial charge in [-0.05, 0) is 0 Å². The largest absolute Gasteiger partial charge is 2.00 e. The Hall–Kier alpha value is 0.688. The third-order valence-electron chi connectivity index (χ3n) is 0. The fourth-order valence-corrected chi connectivity index (χ4v) is 0. The molecule has 0 atom stereocenters. The van der Waals surface area contributed by atoms with Crippen LogP contribution in [0.3, 0.4) is 0 Å². The van der Waals surface area contributed by atoms with Gasteiger partial charge >= 0.3 is 21.1 Å². The first-order valence-electron chi connectivity index (χ1n) is 1.000. The Bertz CT molecular complexity index is 3.25. The van der Waals surface area contributed by atoms with Crippen LogP contribution >= 0.6 is 0 Å². The first-order valence-corrected chi connectivity index (χ1v) is 1.000. The molecule has 0 unspecified atom stereocenters. The smallest absolute Gasteiger partial charge is 0.372 e. The fraction of sp³-hybridized carbons (Fsp3) is 0.333. The Kier molecular flexibility index (Phi) is 20.6. The van der Waals surface area contributed by atoms with Crippen LogP contribution in [-0.4, -0.2) is 0 Å². The maximum absolute atomic E-state index is 3.38. The third-order valence-corrected chi connectivity index (χ3v) is 0. The summed E-state index contributed by atoms with van der Waals surface area (Å²) in [7, 11) is 0. The van der Waals surface area contributed by atoms with Crippen LogP contribution in [0.2, 0.25) is 0 Å². The summed E-state index contributed by atoms with van der Waals surface area (Å²) in [6, 6.07) is 0. The second-order valence-corrected chi connectivity index (χ2v) is 0.354. The van der Waals surface area contributed by atoms with E-state index in [4.69, 9.17) is 0 Å². The maximum Gasteiger partial charge on any atom is 2.00 e. The van der Waals surface area contributed by atoms with Gasteiger partial charge in [-0.2, -0.15) is 0 Å². The van der Waals surface area contributed by atoms with E-state index in [1.165, 1.54) is 0 Å². The molecule has 0 bridgehead atoms. The molecule has 0 aliphatic heterocycles. The summed E-state index contributed by atoms with van der Waals surface area (Å²) in [6.07, 6.45) is 0.750. The number of hydrogen-bond acceptors (Lipinski definition) is 0. The van der Waals surface area contributed by atoms with Crippen molar-refractivity contribution in [1.82, 2.24) is 0 Å². The van der Waals surface area contributed by atoms with Crippen LogP contribution in [0.4, 0.5) is 0 Å². The van der Waals surface area contributed by atoms with Crippen LogP contribution in [0.5, 0.6) is 0 Å². The molecule has 0 nitrogen and oxygen atoms in total. The van der Waals surface area contributed by atoms with Crippen molar-refractivity contribution in [2.45, 2.75) is 6.42 Å². The van der Waals surface area contributed by atoms with Crippen molar-refractivity contribution in [3.63, 3.8) is 0 Å². The van der Waals surface area contributed by atoms with Crippen molar-refractivity contribution in [1.29, 1.82) is 0 Å². The predicted octanol–water partition coefficient (Wildman–Crippen LogP) is 1.04. The van der Waals surface area contributed by atoms with Crippen LogP contribution in [0, 0.1) is 13.8 Å². The minimum atomic E-state index is 0. The van der Waals surface area contributed by atoms with Crippen molar-refractivity contribution >= 4 is 0 Å². The fourth-order valence-electron chi connectivity index (χ4n) is 0. The first-order chi connectivity index (χ1) is 1.41. The monoisotopic (exact) mass is 226 g/mol. The van der Waals surface area contributed by atoms with Crippen molar-refractivity contribution in [2.24, 2.45) is 0 Å². The zero-order valence-corrected chi connectivity index (χ0v) is 5.46. The van der Waals surface area contributed by atoms with E-state index in [0.29, 0.717) is 0 Å². The summed E-state index contributed by atoms with van der Waals surface area (Å²) in [5.74, 6) is 0. The summed E-state index contributed by atoms with van der Waals surface area (Å²) in [5.41, 5.74) is 0.